The zero-order chi connectivity index (χ0) is 16.2. The zero-order valence-corrected chi connectivity index (χ0v) is 12.3. The van der Waals surface area contributed by atoms with Gasteiger partial charge in [0.2, 0.25) is 17.7 Å². The highest BCUT2D eigenvalue weighted by Crippen LogP contribution is 2.22. The maximum atomic E-state index is 12.0. The third-order valence-corrected chi connectivity index (χ3v) is 2.34. The first-order chi connectivity index (χ1) is 9.64. The fraction of sp³-hybridized carbons (Fsp3) is 0.545. The largest absolute Gasteiger partial charge is 0.353 e. The first kappa shape index (κ1) is 16.6. The topological polar surface area (TPSA) is 148 Å². The van der Waals surface area contributed by atoms with E-state index in [0.29, 0.717) is 0 Å². The molecule has 1 unspecified atom stereocenters. The lowest BCUT2D eigenvalue weighted by Crippen LogP contribution is -2.47. The molecule has 116 valence electrons. The number of nitrogens with one attached hydrogen (secondary N) is 3. The van der Waals surface area contributed by atoms with Crippen molar-refractivity contribution in [1.29, 1.82) is 0 Å². The van der Waals surface area contributed by atoms with Crippen LogP contribution < -0.4 is 21.9 Å². The van der Waals surface area contributed by atoms with E-state index in [0.717, 1.165) is 6.20 Å². The molecule has 0 saturated carbocycles. The minimum Gasteiger partial charge on any atom is -0.353 e. The smallest absolute Gasteiger partial charge is 0.329 e. The van der Waals surface area contributed by atoms with Gasteiger partial charge >= 0.3 is 5.69 Å². The van der Waals surface area contributed by atoms with E-state index in [9.17, 15) is 14.9 Å². The van der Waals surface area contributed by atoms with Crippen LogP contribution in [0.5, 0.6) is 0 Å². The van der Waals surface area contributed by atoms with Gasteiger partial charge in [0, 0.05) is 5.54 Å². The van der Waals surface area contributed by atoms with Crippen molar-refractivity contribution in [2.45, 2.75) is 39.3 Å². The van der Waals surface area contributed by atoms with Crippen LogP contribution in [-0.2, 0) is 4.79 Å². The van der Waals surface area contributed by atoms with Gasteiger partial charge in [0.15, 0.2) is 0 Å². The molecule has 0 aliphatic carbocycles. The number of hydrogen-bond acceptors (Lipinski definition) is 8. The number of nitrogens with zero attached hydrogens (tertiary/aromatic N) is 3. The zero-order valence-electron chi connectivity index (χ0n) is 12.3. The molecule has 1 aromatic rings. The van der Waals surface area contributed by atoms with Crippen LogP contribution in [-0.4, -0.2) is 32.4 Å². The van der Waals surface area contributed by atoms with Crippen molar-refractivity contribution in [3.8, 4) is 0 Å². The van der Waals surface area contributed by atoms with Crippen molar-refractivity contribution in [2.75, 3.05) is 10.7 Å². The van der Waals surface area contributed by atoms with Gasteiger partial charge in [0.1, 0.15) is 12.2 Å². The number of nitrogen functional groups attached to an aromatic ring is 1. The van der Waals surface area contributed by atoms with Crippen LogP contribution in [0.3, 0.4) is 0 Å². The number of nitro groups is 1. The lowest BCUT2D eigenvalue weighted by atomic mass is 10.1. The number of carbonyl (C=O) groups excluding carboxylic acids is 1. The van der Waals surface area contributed by atoms with Crippen LogP contribution in [0, 0.1) is 10.1 Å². The third-order valence-electron chi connectivity index (χ3n) is 2.34. The standard InChI is InChI=1S/C11H19N7O3/c1-6(9(19)16-11(2,3)4)14-8-7(18(20)21)5-13-10(15-8)17-12/h5-6H,12H2,1-4H3,(H,16,19)(H2,13,14,15,17). The Kier molecular flexibility index (Phi) is 4.97. The van der Waals surface area contributed by atoms with Crippen LogP contribution in [0.15, 0.2) is 6.20 Å². The number of hydrazine groups is 1. The van der Waals surface area contributed by atoms with E-state index in [2.05, 4.69) is 26.0 Å². The number of nitrogens with two attached hydrogens (primary N) is 1. The van der Waals surface area contributed by atoms with Gasteiger partial charge in [-0.2, -0.15) is 4.98 Å². The maximum absolute atomic E-state index is 12.0. The highest BCUT2D eigenvalue weighted by molar-refractivity contribution is 5.85. The molecule has 1 amide bonds. The first-order valence-electron chi connectivity index (χ1n) is 6.20. The molecule has 0 fully saturated rings. The summed E-state index contributed by atoms with van der Waals surface area (Å²) in [6.07, 6.45) is 1.01. The van der Waals surface area contributed by atoms with Gasteiger partial charge < -0.3 is 10.6 Å². The molecule has 5 N–H and O–H groups in total. The molecule has 21 heavy (non-hydrogen) atoms. The predicted molar refractivity (Wildman–Crippen MR) is 77.5 cm³/mol. The summed E-state index contributed by atoms with van der Waals surface area (Å²) in [5.41, 5.74) is 1.44. The minimum atomic E-state index is -0.719. The second-order valence-electron chi connectivity index (χ2n) is 5.43. The van der Waals surface area contributed by atoms with Gasteiger partial charge in [-0.15, -0.1) is 0 Å². The SMILES string of the molecule is CC(Nc1nc(NN)ncc1[N+](=O)[O-])C(=O)NC(C)(C)C. The quantitative estimate of drug-likeness (QED) is 0.346. The van der Waals surface area contributed by atoms with Crippen molar-refractivity contribution in [3.05, 3.63) is 16.3 Å². The van der Waals surface area contributed by atoms with Gasteiger partial charge in [0.05, 0.1) is 4.92 Å². The Morgan fingerprint density at radius 1 is 1.48 bits per heavy atom. The minimum absolute atomic E-state index is 0.00605. The molecule has 0 bridgehead atoms. The number of aromatic nitrogens is 2. The summed E-state index contributed by atoms with van der Waals surface area (Å²) in [6.45, 7) is 7.08. The number of carbonyl (C=O) groups is 1. The normalized spacial score (nSPS) is 12.4. The molecule has 0 aliphatic heterocycles. The lowest BCUT2D eigenvalue weighted by Gasteiger charge is -2.23. The van der Waals surface area contributed by atoms with Crippen molar-refractivity contribution in [2.24, 2.45) is 5.84 Å². The molecule has 10 heteroatoms. The van der Waals surface area contributed by atoms with Crippen LogP contribution in [0.25, 0.3) is 0 Å². The maximum Gasteiger partial charge on any atom is 0.329 e. The van der Waals surface area contributed by atoms with Gasteiger partial charge in [-0.3, -0.25) is 20.3 Å². The van der Waals surface area contributed by atoms with Crippen LogP contribution >= 0.6 is 0 Å². The summed E-state index contributed by atoms with van der Waals surface area (Å²) >= 11 is 0. The average molecular weight is 297 g/mol. The van der Waals surface area contributed by atoms with Gasteiger partial charge in [0.25, 0.3) is 0 Å². The number of amides is 1. The summed E-state index contributed by atoms with van der Waals surface area (Å²) in [4.78, 5) is 29.8. The number of hydrogen-bond donors (Lipinski definition) is 4. The third kappa shape index (κ3) is 4.84. The Hall–Kier alpha value is -2.49. The number of anilines is 2. The average Bonchev–Trinajstić information content (AvgIpc) is 2.36. The Labute approximate surface area is 121 Å². The molecule has 0 saturated heterocycles. The molecule has 10 nitrogen and oxygen atoms in total. The Balaban J connectivity index is 2.95. The van der Waals surface area contributed by atoms with E-state index < -0.39 is 16.5 Å². The molecule has 0 spiro atoms. The van der Waals surface area contributed by atoms with Crippen molar-refractivity contribution < 1.29 is 9.72 Å². The van der Waals surface area contributed by atoms with Crippen LogP contribution in [0.4, 0.5) is 17.5 Å². The summed E-state index contributed by atoms with van der Waals surface area (Å²) in [6, 6.07) is -0.719. The summed E-state index contributed by atoms with van der Waals surface area (Å²) in [7, 11) is 0. The second kappa shape index (κ2) is 6.31. The van der Waals surface area contributed by atoms with Gasteiger partial charge in [-0.05, 0) is 27.7 Å². The van der Waals surface area contributed by atoms with E-state index in [1.807, 2.05) is 20.8 Å². The number of rotatable bonds is 5. The Morgan fingerprint density at radius 2 is 2.10 bits per heavy atom. The highest BCUT2D eigenvalue weighted by atomic mass is 16.6. The molecule has 0 radical (unpaired) electrons. The van der Waals surface area contributed by atoms with E-state index >= 15 is 0 Å². The van der Waals surface area contributed by atoms with Crippen LogP contribution in [0.2, 0.25) is 0 Å². The molecule has 0 aliphatic rings. The van der Waals surface area contributed by atoms with Crippen molar-refractivity contribution >= 4 is 23.4 Å². The summed E-state index contributed by atoms with van der Waals surface area (Å²) in [5, 5.41) is 16.4. The molecule has 1 aromatic heterocycles. The molecular weight excluding hydrogens is 278 g/mol. The molecule has 1 rings (SSSR count). The van der Waals surface area contributed by atoms with Crippen molar-refractivity contribution in [3.63, 3.8) is 0 Å². The van der Waals surface area contributed by atoms with E-state index in [4.69, 9.17) is 5.84 Å². The fourth-order valence-corrected chi connectivity index (χ4v) is 1.43. The fourth-order valence-electron chi connectivity index (χ4n) is 1.43. The van der Waals surface area contributed by atoms with E-state index in [-0.39, 0.29) is 23.4 Å². The first-order valence-corrected chi connectivity index (χ1v) is 6.20. The molecule has 1 heterocycles. The van der Waals surface area contributed by atoms with E-state index in [1.165, 1.54) is 0 Å². The van der Waals surface area contributed by atoms with Gasteiger partial charge in [-0.1, -0.05) is 0 Å². The summed E-state index contributed by atoms with van der Waals surface area (Å²) < 4.78 is 0. The molecule has 1 atom stereocenters. The second-order valence-corrected chi connectivity index (χ2v) is 5.43. The van der Waals surface area contributed by atoms with Crippen molar-refractivity contribution in [1.82, 2.24) is 15.3 Å². The predicted octanol–water partition coefficient (Wildman–Crippen LogP) is 0.385. The van der Waals surface area contributed by atoms with Gasteiger partial charge in [-0.25, -0.2) is 10.8 Å². The van der Waals surface area contributed by atoms with Crippen LogP contribution in [0.1, 0.15) is 27.7 Å². The Morgan fingerprint density at radius 3 is 2.57 bits per heavy atom. The monoisotopic (exact) mass is 297 g/mol. The molecule has 0 aromatic carbocycles. The van der Waals surface area contributed by atoms with E-state index in [1.54, 1.807) is 6.92 Å². The highest BCUT2D eigenvalue weighted by Gasteiger charge is 2.23. The summed E-state index contributed by atoms with van der Waals surface area (Å²) in [5.74, 6) is 4.78. The Bertz CT molecular complexity index is 541. The molecular formula is C11H19N7O3. The lowest BCUT2D eigenvalue weighted by molar-refractivity contribution is -0.384.